The van der Waals surface area contributed by atoms with Gasteiger partial charge in [0.1, 0.15) is 30.8 Å². The van der Waals surface area contributed by atoms with E-state index in [1.807, 2.05) is 0 Å². The van der Waals surface area contributed by atoms with Crippen molar-refractivity contribution in [3.8, 4) is 0 Å². The molecule has 4 saturated heterocycles. The van der Waals surface area contributed by atoms with Gasteiger partial charge in [-0.05, 0) is 25.2 Å². The monoisotopic (exact) mass is 506 g/mol. The second-order valence-electron chi connectivity index (χ2n) is 9.20. The van der Waals surface area contributed by atoms with Gasteiger partial charge >= 0.3 is 0 Å². The minimum Gasteiger partial charge on any atom is -0.543 e. The Labute approximate surface area is 204 Å². The van der Waals surface area contributed by atoms with E-state index in [-0.39, 0.29) is 22.2 Å². The predicted molar refractivity (Wildman–Crippen MR) is 124 cm³/mol. The van der Waals surface area contributed by atoms with Gasteiger partial charge in [0.05, 0.1) is 31.3 Å². The zero-order valence-electron chi connectivity index (χ0n) is 18.7. The van der Waals surface area contributed by atoms with Crippen LogP contribution in [0.3, 0.4) is 0 Å². The van der Waals surface area contributed by atoms with Crippen molar-refractivity contribution in [2.75, 3.05) is 44.8 Å². The summed E-state index contributed by atoms with van der Waals surface area (Å²) in [4.78, 5) is 48.1. The lowest BCUT2D eigenvalue weighted by Gasteiger charge is -2.53. The molecule has 5 aliphatic rings. The largest absolute Gasteiger partial charge is 0.543 e. The van der Waals surface area contributed by atoms with Crippen molar-refractivity contribution in [1.82, 2.24) is 15.2 Å². The number of thioether (sulfide) groups is 1. The molecule has 1 aromatic rings. The molecule has 13 heteroatoms. The molecule has 0 saturated carbocycles. The molecule has 34 heavy (non-hydrogen) atoms. The number of hydrogen-bond donors (Lipinski definition) is 2. The predicted octanol–water partition coefficient (Wildman–Crippen LogP) is -0.890. The fourth-order valence-electron chi connectivity index (χ4n) is 5.47. The van der Waals surface area contributed by atoms with Gasteiger partial charge in [-0.2, -0.15) is 0 Å². The zero-order chi connectivity index (χ0) is 24.0. The van der Waals surface area contributed by atoms with E-state index < -0.39 is 29.2 Å². The van der Waals surface area contributed by atoms with Crippen LogP contribution in [-0.2, 0) is 19.2 Å². The van der Waals surface area contributed by atoms with Crippen molar-refractivity contribution in [2.45, 2.75) is 30.7 Å². The van der Waals surface area contributed by atoms with Gasteiger partial charge in [-0.3, -0.25) is 14.5 Å². The van der Waals surface area contributed by atoms with Gasteiger partial charge in [0.15, 0.2) is 10.8 Å². The van der Waals surface area contributed by atoms with E-state index in [4.69, 9.17) is 10.6 Å². The fourth-order valence-corrected chi connectivity index (χ4v) is 7.36. The Morgan fingerprint density at radius 2 is 2.06 bits per heavy atom. The Kier molecular flexibility index (Phi) is 6.02. The molecule has 6 rings (SSSR count). The third-order valence-corrected chi connectivity index (χ3v) is 9.26. The number of nitrogens with two attached hydrogens (primary N) is 1. The number of hydrogen-bond acceptors (Lipinski definition) is 10. The molecule has 11 nitrogen and oxygen atoms in total. The molecule has 182 valence electrons. The first-order valence-electron chi connectivity index (χ1n) is 11.2. The lowest BCUT2D eigenvalue weighted by molar-refractivity contribution is -0.938. The van der Waals surface area contributed by atoms with E-state index in [9.17, 15) is 19.5 Å². The van der Waals surface area contributed by atoms with Gasteiger partial charge in [-0.15, -0.1) is 23.1 Å². The summed E-state index contributed by atoms with van der Waals surface area (Å²) in [6.45, 7) is 3.79. The lowest BCUT2D eigenvalue weighted by Crippen LogP contribution is -2.72. The van der Waals surface area contributed by atoms with Gasteiger partial charge < -0.3 is 30.3 Å². The first-order valence-corrected chi connectivity index (χ1v) is 13.1. The molecule has 1 aromatic heterocycles. The number of carboxylic acids is 1. The maximum Gasteiger partial charge on any atom is 0.276 e. The van der Waals surface area contributed by atoms with Gasteiger partial charge in [0.2, 0.25) is 0 Å². The van der Waals surface area contributed by atoms with E-state index in [1.165, 1.54) is 43.0 Å². The summed E-state index contributed by atoms with van der Waals surface area (Å²) in [5.74, 6) is -1.19. The maximum absolute atomic E-state index is 13.0. The van der Waals surface area contributed by atoms with Gasteiger partial charge in [-0.1, -0.05) is 5.16 Å². The maximum atomic E-state index is 13.0. The number of thiazole rings is 1. The minimum absolute atomic E-state index is 0.0301. The molecule has 6 heterocycles. The van der Waals surface area contributed by atoms with Crippen LogP contribution in [0.1, 0.15) is 25.0 Å². The fraction of sp³-hybridized carbons (Fsp3) is 0.571. The van der Waals surface area contributed by atoms with Crippen molar-refractivity contribution < 1.29 is 28.8 Å². The number of aliphatic carboxylic acids is 1. The zero-order valence-corrected chi connectivity index (χ0v) is 20.3. The molecule has 0 unspecified atom stereocenters. The van der Waals surface area contributed by atoms with Crippen LogP contribution in [0.2, 0.25) is 0 Å². The van der Waals surface area contributed by atoms with Crippen LogP contribution in [0, 0.1) is 5.92 Å². The summed E-state index contributed by atoms with van der Waals surface area (Å²) in [7, 11) is 1.30. The summed E-state index contributed by atoms with van der Waals surface area (Å²) in [5, 5.41) is 19.8. The molecule has 0 aromatic carbocycles. The molecular weight excluding hydrogens is 480 g/mol. The highest BCUT2D eigenvalue weighted by atomic mass is 32.2. The van der Waals surface area contributed by atoms with Crippen molar-refractivity contribution in [3.63, 3.8) is 0 Å². The molecular formula is C21H26N6O5S2. The smallest absolute Gasteiger partial charge is 0.276 e. The molecule has 2 bridgehead atoms. The van der Waals surface area contributed by atoms with Crippen molar-refractivity contribution in [3.05, 3.63) is 22.3 Å². The average Bonchev–Trinajstić information content (AvgIpc) is 3.27. The number of nitrogen functional groups attached to an aromatic ring is 1. The summed E-state index contributed by atoms with van der Waals surface area (Å²) < 4.78 is 0.893. The van der Waals surface area contributed by atoms with Crippen molar-refractivity contribution in [1.29, 1.82) is 0 Å². The molecule has 0 aliphatic carbocycles. The van der Waals surface area contributed by atoms with E-state index in [0.717, 1.165) is 46.9 Å². The molecule has 5 aliphatic heterocycles. The molecule has 3 N–H and O–H groups in total. The SMILES string of the molecule is CO/N=C(\C(=O)N[C@@H]1C(=O)N2C(C(=O)[O-])=C(C[N+]34CCC(CC3)CC4)CS[C@H]12)c1csc(N)n1. The third-order valence-electron chi connectivity index (χ3n) is 7.25. The van der Waals surface area contributed by atoms with E-state index in [1.54, 1.807) is 5.38 Å². The molecule has 0 spiro atoms. The highest BCUT2D eigenvalue weighted by Crippen LogP contribution is 2.42. The normalized spacial score (nSPS) is 30.6. The first-order chi connectivity index (χ1) is 16.3. The molecule has 2 amide bonds. The Balaban J connectivity index is 1.33. The number of fused-ring (bicyclic) bond motifs is 4. The number of oxime groups is 1. The number of amides is 2. The molecule has 2 atom stereocenters. The number of nitrogens with one attached hydrogen (secondary N) is 1. The number of anilines is 1. The van der Waals surface area contributed by atoms with Gasteiger partial charge in [0.25, 0.3) is 11.8 Å². The first kappa shape index (κ1) is 23.1. The number of quaternary nitrogens is 1. The van der Waals surface area contributed by atoms with Crippen LogP contribution in [0.15, 0.2) is 21.8 Å². The third kappa shape index (κ3) is 3.95. The van der Waals surface area contributed by atoms with E-state index in [0.29, 0.717) is 12.3 Å². The van der Waals surface area contributed by atoms with Gasteiger partial charge in [-0.25, -0.2) is 4.98 Å². The minimum atomic E-state index is -1.34. The Hall–Kier alpha value is -2.64. The molecule has 0 radical (unpaired) electrons. The summed E-state index contributed by atoms with van der Waals surface area (Å²) in [6.07, 6.45) is 3.53. The van der Waals surface area contributed by atoms with Crippen LogP contribution in [0.5, 0.6) is 0 Å². The number of nitrogens with zero attached hydrogens (tertiary/aromatic N) is 4. The number of β-lactam (4-membered cyclic amide) rings is 1. The topological polar surface area (TPSA) is 150 Å². The number of carbonyl (C=O) groups excluding carboxylic acids is 3. The number of rotatable bonds is 7. The summed E-state index contributed by atoms with van der Waals surface area (Å²) in [5.41, 5.74) is 6.50. The van der Waals surface area contributed by atoms with E-state index >= 15 is 0 Å². The van der Waals surface area contributed by atoms with Crippen LogP contribution in [-0.4, -0.2) is 88.3 Å². The highest BCUT2D eigenvalue weighted by Gasteiger charge is 2.54. The van der Waals surface area contributed by atoms with Crippen molar-refractivity contribution >= 4 is 51.7 Å². The van der Waals surface area contributed by atoms with Crippen LogP contribution in [0.4, 0.5) is 5.13 Å². The Morgan fingerprint density at radius 3 is 2.65 bits per heavy atom. The number of piperidine rings is 3. The summed E-state index contributed by atoms with van der Waals surface area (Å²) >= 11 is 2.61. The van der Waals surface area contributed by atoms with Crippen LogP contribution < -0.4 is 16.2 Å². The Morgan fingerprint density at radius 1 is 1.35 bits per heavy atom. The lowest BCUT2D eigenvalue weighted by atomic mass is 9.85. The second kappa shape index (κ2) is 8.86. The van der Waals surface area contributed by atoms with Crippen molar-refractivity contribution in [2.24, 2.45) is 11.1 Å². The van der Waals surface area contributed by atoms with Crippen LogP contribution in [0.25, 0.3) is 0 Å². The highest BCUT2D eigenvalue weighted by molar-refractivity contribution is 8.00. The number of carboxylic acid groups (broad SMARTS) is 1. The average molecular weight is 507 g/mol. The molecule has 4 fully saturated rings. The van der Waals surface area contributed by atoms with Crippen LogP contribution >= 0.6 is 23.1 Å². The van der Waals surface area contributed by atoms with E-state index in [2.05, 4.69) is 15.5 Å². The number of carbonyl (C=O) groups is 3. The standard InChI is InChI=1S/C21H26N6O5S2/c1-32-25-14(13-10-34-21(22)23-13)17(28)24-15-18(29)26-16(20(30)31)12(9-33-19(15)26)8-27-5-2-11(3-6-27)4-7-27/h10-11,15,19H,2-9H2,1H3,(H3-,22,23,24,28,30,31)/b25-14-/t11?,15-,19-,27?/m1/s1. The summed E-state index contributed by atoms with van der Waals surface area (Å²) in [6, 6.07) is -0.885. The quantitative estimate of drug-likeness (QED) is 0.209. The number of aromatic nitrogens is 1. The Bertz CT molecular complexity index is 1080. The second-order valence-corrected chi connectivity index (χ2v) is 11.2. The van der Waals surface area contributed by atoms with Gasteiger partial charge in [0, 0.05) is 16.7 Å².